The number of fused-ring (bicyclic) bond motifs is 2. The molecule has 0 aliphatic carbocycles. The molecule has 4 aliphatic heterocycles. The van der Waals surface area contributed by atoms with Crippen LogP contribution in [0.5, 0.6) is 0 Å². The van der Waals surface area contributed by atoms with Gasteiger partial charge in [-0.15, -0.1) is 23.5 Å². The lowest BCUT2D eigenvalue weighted by molar-refractivity contribution is -0.162. The van der Waals surface area contributed by atoms with E-state index in [1.54, 1.807) is 0 Å². The van der Waals surface area contributed by atoms with E-state index >= 15 is 0 Å². The lowest BCUT2D eigenvalue weighted by Crippen LogP contribution is -2.68. The minimum absolute atomic E-state index is 0.172. The van der Waals surface area contributed by atoms with Crippen LogP contribution in [0.4, 0.5) is 0 Å². The van der Waals surface area contributed by atoms with Gasteiger partial charge in [-0.3, -0.25) is 38.6 Å². The highest BCUT2D eigenvalue weighted by Crippen LogP contribution is 2.41. The minimum atomic E-state index is -1.13. The van der Waals surface area contributed by atoms with Crippen LogP contribution in [0.2, 0.25) is 0 Å². The minimum Gasteiger partial charge on any atom is -0.461 e. The summed E-state index contributed by atoms with van der Waals surface area (Å²) in [6, 6.07) is -1.68. The number of nitrogens with zero attached hydrogens (tertiary/aromatic N) is 2. The van der Waals surface area contributed by atoms with E-state index in [-0.39, 0.29) is 53.7 Å². The van der Waals surface area contributed by atoms with Crippen LogP contribution >= 0.6 is 23.5 Å². The van der Waals surface area contributed by atoms with Gasteiger partial charge in [0.1, 0.15) is 47.4 Å². The largest absolute Gasteiger partial charge is 0.461 e. The Balaban J connectivity index is 1.32. The number of esters is 6. The van der Waals surface area contributed by atoms with Crippen molar-refractivity contribution in [3.05, 3.63) is 22.5 Å². The molecule has 0 saturated carbocycles. The molecule has 16 nitrogen and oxygen atoms in total. The molecule has 0 aromatic heterocycles. The first-order valence-electron chi connectivity index (χ1n) is 12.9. The molecule has 4 rings (SSSR count). The zero-order valence-electron chi connectivity index (χ0n) is 23.0. The molecule has 0 aromatic rings. The van der Waals surface area contributed by atoms with Crippen LogP contribution < -0.4 is 11.5 Å². The van der Waals surface area contributed by atoms with Crippen molar-refractivity contribution in [1.82, 2.24) is 9.80 Å². The predicted octanol–water partition coefficient (Wildman–Crippen LogP) is -1.58. The van der Waals surface area contributed by atoms with Crippen LogP contribution in [-0.4, -0.2) is 105 Å². The van der Waals surface area contributed by atoms with Gasteiger partial charge in [0, 0.05) is 49.3 Å². The Kier molecular flexibility index (Phi) is 9.93. The molecule has 0 bridgehead atoms. The highest BCUT2D eigenvalue weighted by molar-refractivity contribution is 8.00. The maximum absolute atomic E-state index is 12.9. The summed E-state index contributed by atoms with van der Waals surface area (Å²) in [6.07, 6.45) is -1.02. The number of carbonyl (C=O) groups is 8. The zero-order valence-corrected chi connectivity index (χ0v) is 24.7. The van der Waals surface area contributed by atoms with E-state index in [2.05, 4.69) is 0 Å². The maximum atomic E-state index is 12.9. The van der Waals surface area contributed by atoms with Crippen molar-refractivity contribution in [3.8, 4) is 0 Å². The van der Waals surface area contributed by atoms with Gasteiger partial charge in [-0.1, -0.05) is 0 Å². The lowest BCUT2D eigenvalue weighted by atomic mass is 10.0. The second-order valence-corrected chi connectivity index (χ2v) is 11.9. The van der Waals surface area contributed by atoms with E-state index in [0.717, 1.165) is 9.80 Å². The molecule has 2 saturated heterocycles. The predicted molar refractivity (Wildman–Crippen MR) is 146 cm³/mol. The first kappa shape index (κ1) is 32.2. The second-order valence-electron chi connectivity index (χ2n) is 9.71. The Hall–Kier alpha value is -3.74. The molecule has 4 heterocycles. The molecule has 18 heteroatoms. The van der Waals surface area contributed by atoms with E-state index < -0.39 is 83.3 Å². The molecular weight excluding hydrogens is 612 g/mol. The van der Waals surface area contributed by atoms with Gasteiger partial charge in [0.05, 0.1) is 0 Å². The topological polar surface area (TPSA) is 232 Å². The summed E-state index contributed by atoms with van der Waals surface area (Å²) >= 11 is 2.54. The fraction of sp³-hybridized carbons (Fsp3) is 0.520. The molecule has 0 spiro atoms. The summed E-state index contributed by atoms with van der Waals surface area (Å²) in [4.78, 5) is 99.8. The standard InChI is InChI=1S/C25H28N4O12S2/c1-10(30)38-6-12-8-42-22-16(26)20(34)28(22)18(12)24(36)40-14(32)4-3-5-15(33)41-25(37)19-13(7-39-11(2)31)9-43-23-17(27)21(35)29(19)23/h16-17,22-23H,3-9,26-27H2,1-2H3/t16-,17-,22-,23-/m1/s1. The molecule has 4 aliphatic rings. The molecule has 2 fully saturated rings. The van der Waals surface area contributed by atoms with E-state index in [1.807, 2.05) is 0 Å². The fourth-order valence-electron chi connectivity index (χ4n) is 4.52. The number of β-lactam (4-membered cyclic amide) rings is 2. The second kappa shape index (κ2) is 13.3. The third-order valence-electron chi connectivity index (χ3n) is 6.64. The highest BCUT2D eigenvalue weighted by atomic mass is 32.2. The third-order valence-corrected chi connectivity index (χ3v) is 9.36. The van der Waals surface area contributed by atoms with Gasteiger partial charge in [-0.05, 0) is 6.42 Å². The van der Waals surface area contributed by atoms with Crippen LogP contribution in [-0.2, 0) is 57.3 Å². The number of hydrogen-bond acceptors (Lipinski definition) is 16. The molecule has 4 N–H and O–H groups in total. The summed E-state index contributed by atoms with van der Waals surface area (Å²) < 4.78 is 19.7. The third kappa shape index (κ3) is 6.76. The number of rotatable bonds is 10. The lowest BCUT2D eigenvalue weighted by Gasteiger charge is -2.48. The van der Waals surface area contributed by atoms with Crippen molar-refractivity contribution in [2.24, 2.45) is 11.5 Å². The number of hydrogen-bond donors (Lipinski definition) is 2. The van der Waals surface area contributed by atoms with E-state index in [0.29, 0.717) is 0 Å². The van der Waals surface area contributed by atoms with Gasteiger partial charge in [0.15, 0.2) is 0 Å². The number of carbonyl (C=O) groups excluding carboxylic acids is 8. The SMILES string of the molecule is CC(=O)OCC1=C(C(=O)OC(=O)CCCC(=O)OC(=O)C2=C(COC(C)=O)CS[C@@H]3[C@H](N)C(=O)N23)N2C(=O)[C@@H](N)[C@H]2SC1. The Morgan fingerprint density at radius 1 is 0.721 bits per heavy atom. The molecule has 0 aromatic carbocycles. The quantitative estimate of drug-likeness (QED) is 0.119. The first-order valence-corrected chi connectivity index (χ1v) is 15.0. The van der Waals surface area contributed by atoms with Crippen LogP contribution in [0.3, 0.4) is 0 Å². The molecule has 43 heavy (non-hydrogen) atoms. The summed E-state index contributed by atoms with van der Waals surface area (Å²) in [7, 11) is 0. The number of ether oxygens (including phenoxy) is 4. The Bertz CT molecular complexity index is 1260. The number of amides is 2. The fourth-order valence-corrected chi connectivity index (χ4v) is 7.07. The maximum Gasteiger partial charge on any atom is 0.362 e. The van der Waals surface area contributed by atoms with Gasteiger partial charge in [-0.25, -0.2) is 9.59 Å². The van der Waals surface area contributed by atoms with Crippen LogP contribution in [0.25, 0.3) is 0 Å². The Labute approximate surface area is 252 Å². The van der Waals surface area contributed by atoms with Gasteiger partial charge in [-0.2, -0.15) is 0 Å². The average molecular weight is 641 g/mol. The Morgan fingerprint density at radius 2 is 1.09 bits per heavy atom. The summed E-state index contributed by atoms with van der Waals surface area (Å²) in [5.41, 5.74) is 11.7. The number of thioether (sulfide) groups is 2. The molecular formula is C25H28N4O12S2. The first-order chi connectivity index (χ1) is 20.3. The molecule has 0 radical (unpaired) electrons. The average Bonchev–Trinajstić information content (AvgIpc) is 2.96. The molecule has 4 atom stereocenters. The van der Waals surface area contributed by atoms with Gasteiger partial charge in [0.25, 0.3) is 0 Å². The Morgan fingerprint density at radius 3 is 1.44 bits per heavy atom. The van der Waals surface area contributed by atoms with Crippen molar-refractivity contribution in [2.45, 2.75) is 55.9 Å². The van der Waals surface area contributed by atoms with E-state index in [4.69, 9.17) is 30.4 Å². The monoisotopic (exact) mass is 640 g/mol. The van der Waals surface area contributed by atoms with Crippen molar-refractivity contribution < 1.29 is 57.3 Å². The van der Waals surface area contributed by atoms with E-state index in [9.17, 15) is 38.4 Å². The molecule has 2 amide bonds. The molecule has 232 valence electrons. The van der Waals surface area contributed by atoms with Gasteiger partial charge in [0.2, 0.25) is 11.8 Å². The van der Waals surface area contributed by atoms with Crippen molar-refractivity contribution in [3.63, 3.8) is 0 Å². The summed E-state index contributed by atoms with van der Waals surface area (Å²) in [5.74, 6) is -6.22. The van der Waals surface area contributed by atoms with Crippen LogP contribution in [0, 0.1) is 0 Å². The van der Waals surface area contributed by atoms with Gasteiger partial charge >= 0.3 is 35.8 Å². The normalized spacial score (nSPS) is 24.3. The van der Waals surface area contributed by atoms with Crippen LogP contribution in [0.1, 0.15) is 33.1 Å². The summed E-state index contributed by atoms with van der Waals surface area (Å²) in [6.45, 7) is 1.77. The van der Waals surface area contributed by atoms with Crippen molar-refractivity contribution >= 4 is 71.2 Å². The van der Waals surface area contributed by atoms with E-state index in [1.165, 1.54) is 37.4 Å². The van der Waals surface area contributed by atoms with Crippen molar-refractivity contribution in [2.75, 3.05) is 24.7 Å². The number of nitrogens with two attached hydrogens (primary N) is 2. The van der Waals surface area contributed by atoms with Crippen LogP contribution in [0.15, 0.2) is 22.5 Å². The molecule has 0 unspecified atom stereocenters. The highest BCUT2D eigenvalue weighted by Gasteiger charge is 2.53. The smallest absolute Gasteiger partial charge is 0.362 e. The zero-order chi connectivity index (χ0) is 31.6. The summed E-state index contributed by atoms with van der Waals surface area (Å²) in [5, 5.41) is -1.08. The van der Waals surface area contributed by atoms with Gasteiger partial charge < -0.3 is 30.4 Å². The van der Waals surface area contributed by atoms with Crippen molar-refractivity contribution in [1.29, 1.82) is 0 Å².